The van der Waals surface area contributed by atoms with Crippen LogP contribution in [-0.2, 0) is 0 Å². The molecule has 0 bridgehead atoms. The van der Waals surface area contributed by atoms with Gasteiger partial charge in [0.2, 0.25) is 0 Å². The van der Waals surface area contributed by atoms with Gasteiger partial charge in [-0.25, -0.2) is 0 Å². The second-order valence-electron chi connectivity index (χ2n) is 5.44. The third-order valence-electron chi connectivity index (χ3n) is 3.52. The van der Waals surface area contributed by atoms with Crippen LogP contribution >= 0.6 is 11.8 Å². The van der Waals surface area contributed by atoms with E-state index in [0.29, 0.717) is 6.04 Å². The van der Waals surface area contributed by atoms with E-state index in [2.05, 4.69) is 50.0 Å². The van der Waals surface area contributed by atoms with E-state index in [9.17, 15) is 0 Å². The van der Waals surface area contributed by atoms with Crippen molar-refractivity contribution >= 4 is 16.9 Å². The van der Waals surface area contributed by atoms with Crippen LogP contribution < -0.4 is 5.32 Å². The summed E-state index contributed by atoms with van der Waals surface area (Å²) in [4.78, 5) is 7.01. The highest BCUT2D eigenvalue weighted by Gasteiger charge is 2.30. The molecule has 0 aromatic heterocycles. The smallest absolute Gasteiger partial charge is 0.157 e. The van der Waals surface area contributed by atoms with E-state index in [1.54, 1.807) is 0 Å². The molecule has 0 aliphatic carbocycles. The number of hydrogen-bond acceptors (Lipinski definition) is 3. The Morgan fingerprint density at radius 1 is 1.53 bits per heavy atom. The predicted molar refractivity (Wildman–Crippen MR) is 79.0 cm³/mol. The molecule has 100 valence electrons. The summed E-state index contributed by atoms with van der Waals surface area (Å²) in [5.74, 6) is 1.15. The molecule has 4 heteroatoms. The van der Waals surface area contributed by atoms with Crippen LogP contribution in [0.1, 0.15) is 40.5 Å². The topological polar surface area (TPSA) is 27.6 Å². The van der Waals surface area contributed by atoms with Crippen LogP contribution in [-0.4, -0.2) is 47.5 Å². The average Bonchev–Trinajstić information content (AvgIpc) is 2.67. The van der Waals surface area contributed by atoms with Crippen LogP contribution in [0.5, 0.6) is 0 Å². The van der Waals surface area contributed by atoms with Gasteiger partial charge in [-0.2, -0.15) is 0 Å². The number of amidine groups is 1. The fourth-order valence-electron chi connectivity index (χ4n) is 1.59. The standard InChI is InChI=1S/C13H27N3S/c1-6-13(4)10-17-12(15-13)14-8-7-9-16(5)11(2)3/h11H,6-10H2,1-5H3,(H,14,15). The Morgan fingerprint density at radius 3 is 2.76 bits per heavy atom. The maximum Gasteiger partial charge on any atom is 0.157 e. The molecule has 1 saturated heterocycles. The van der Waals surface area contributed by atoms with E-state index in [-0.39, 0.29) is 5.54 Å². The monoisotopic (exact) mass is 257 g/mol. The summed E-state index contributed by atoms with van der Waals surface area (Å²) in [5, 5.41) is 4.67. The molecule has 1 rings (SSSR count). The van der Waals surface area contributed by atoms with Crippen molar-refractivity contribution < 1.29 is 0 Å². The van der Waals surface area contributed by atoms with Crippen LogP contribution in [0, 0.1) is 0 Å². The van der Waals surface area contributed by atoms with Gasteiger partial charge in [-0.1, -0.05) is 18.7 Å². The quantitative estimate of drug-likeness (QED) is 0.741. The zero-order chi connectivity index (χ0) is 12.9. The molecule has 0 aromatic rings. The first-order valence-electron chi connectivity index (χ1n) is 6.62. The van der Waals surface area contributed by atoms with Crippen LogP contribution in [0.2, 0.25) is 0 Å². The Labute approximate surface area is 110 Å². The Balaban J connectivity index is 2.23. The fourth-order valence-corrected chi connectivity index (χ4v) is 2.83. The molecule has 1 N–H and O–H groups in total. The Morgan fingerprint density at radius 2 is 2.24 bits per heavy atom. The number of nitrogens with one attached hydrogen (secondary N) is 1. The van der Waals surface area contributed by atoms with E-state index in [1.165, 1.54) is 0 Å². The normalized spacial score (nSPS) is 27.1. The molecule has 3 nitrogen and oxygen atoms in total. The maximum atomic E-state index is 4.64. The van der Waals surface area contributed by atoms with Gasteiger partial charge in [-0.15, -0.1) is 0 Å². The van der Waals surface area contributed by atoms with Crippen LogP contribution in [0.3, 0.4) is 0 Å². The third kappa shape index (κ3) is 4.88. The van der Waals surface area contributed by atoms with Gasteiger partial charge >= 0.3 is 0 Å². The van der Waals surface area contributed by atoms with E-state index < -0.39 is 0 Å². The van der Waals surface area contributed by atoms with Crippen LogP contribution in [0.25, 0.3) is 0 Å². The lowest BCUT2D eigenvalue weighted by molar-refractivity contribution is 0.272. The van der Waals surface area contributed by atoms with Gasteiger partial charge in [0, 0.05) is 23.9 Å². The highest BCUT2D eigenvalue weighted by Crippen LogP contribution is 2.25. The summed E-state index contributed by atoms with van der Waals surface area (Å²) >= 11 is 1.86. The van der Waals surface area contributed by atoms with Crippen molar-refractivity contribution in [3.05, 3.63) is 0 Å². The SMILES string of the molecule is CCC1(C)CSC(=NCCCN(C)C(C)C)N1. The molecule has 1 aliphatic heterocycles. The zero-order valence-corrected chi connectivity index (χ0v) is 12.7. The first-order chi connectivity index (χ1) is 7.97. The number of nitrogens with zero attached hydrogens (tertiary/aromatic N) is 2. The second-order valence-corrected chi connectivity index (χ2v) is 6.41. The summed E-state index contributed by atoms with van der Waals surface area (Å²) in [6, 6.07) is 0.630. The fraction of sp³-hybridized carbons (Fsp3) is 0.923. The van der Waals surface area contributed by atoms with Crippen molar-refractivity contribution in [2.24, 2.45) is 4.99 Å². The summed E-state index contributed by atoms with van der Waals surface area (Å²) in [6.07, 6.45) is 2.30. The van der Waals surface area contributed by atoms with Gasteiger partial charge in [0.05, 0.1) is 0 Å². The van der Waals surface area contributed by atoms with Crippen molar-refractivity contribution in [3.8, 4) is 0 Å². The molecule has 0 amide bonds. The van der Waals surface area contributed by atoms with Gasteiger partial charge in [-0.05, 0) is 47.2 Å². The molecule has 1 aliphatic rings. The van der Waals surface area contributed by atoms with Gasteiger partial charge in [0.25, 0.3) is 0 Å². The minimum absolute atomic E-state index is 0.262. The number of hydrogen-bond donors (Lipinski definition) is 1. The summed E-state index contributed by atoms with van der Waals surface area (Å²) in [6.45, 7) is 11.0. The molecule has 1 atom stereocenters. The molecule has 1 fully saturated rings. The Kier molecular flexibility index (Phi) is 5.80. The lowest BCUT2D eigenvalue weighted by Gasteiger charge is -2.21. The zero-order valence-electron chi connectivity index (χ0n) is 11.9. The van der Waals surface area contributed by atoms with Gasteiger partial charge in [0.1, 0.15) is 0 Å². The summed E-state index contributed by atoms with van der Waals surface area (Å²) in [5.41, 5.74) is 0.262. The molecule has 0 spiro atoms. The highest BCUT2D eigenvalue weighted by molar-refractivity contribution is 8.14. The Bertz CT molecular complexity index is 265. The molecule has 1 heterocycles. The number of aliphatic imine (C=N–C) groups is 1. The minimum atomic E-state index is 0.262. The molecule has 1 unspecified atom stereocenters. The van der Waals surface area contributed by atoms with Crippen molar-refractivity contribution in [1.82, 2.24) is 10.2 Å². The summed E-state index contributed by atoms with van der Waals surface area (Å²) < 4.78 is 0. The lowest BCUT2D eigenvalue weighted by atomic mass is 10.0. The molecular formula is C13H27N3S. The van der Waals surface area contributed by atoms with E-state index in [1.807, 2.05) is 11.8 Å². The van der Waals surface area contributed by atoms with Crippen molar-refractivity contribution in [3.63, 3.8) is 0 Å². The predicted octanol–water partition coefficient (Wildman–Crippen LogP) is 2.58. The number of thioether (sulfide) groups is 1. The first kappa shape index (κ1) is 14.8. The second kappa shape index (κ2) is 6.64. The van der Waals surface area contributed by atoms with Gasteiger partial charge in [-0.3, -0.25) is 4.99 Å². The van der Waals surface area contributed by atoms with Crippen molar-refractivity contribution in [2.75, 3.05) is 25.9 Å². The van der Waals surface area contributed by atoms with Crippen molar-refractivity contribution in [2.45, 2.75) is 52.1 Å². The average molecular weight is 257 g/mol. The van der Waals surface area contributed by atoms with Crippen molar-refractivity contribution in [1.29, 1.82) is 0 Å². The van der Waals surface area contributed by atoms with Gasteiger partial charge in [0.15, 0.2) is 5.17 Å². The largest absolute Gasteiger partial charge is 0.359 e. The molecule has 17 heavy (non-hydrogen) atoms. The van der Waals surface area contributed by atoms with E-state index in [4.69, 9.17) is 0 Å². The highest BCUT2D eigenvalue weighted by atomic mass is 32.2. The molecule has 0 aromatic carbocycles. The minimum Gasteiger partial charge on any atom is -0.359 e. The molecule has 0 radical (unpaired) electrons. The Hall–Kier alpha value is -0.220. The van der Waals surface area contributed by atoms with E-state index in [0.717, 1.165) is 36.9 Å². The molecular weight excluding hydrogens is 230 g/mol. The maximum absolute atomic E-state index is 4.64. The van der Waals surface area contributed by atoms with Crippen LogP contribution in [0.15, 0.2) is 4.99 Å². The van der Waals surface area contributed by atoms with Gasteiger partial charge < -0.3 is 10.2 Å². The first-order valence-corrected chi connectivity index (χ1v) is 7.61. The van der Waals surface area contributed by atoms with E-state index >= 15 is 0 Å². The lowest BCUT2D eigenvalue weighted by Crippen LogP contribution is -2.39. The number of rotatable bonds is 6. The summed E-state index contributed by atoms with van der Waals surface area (Å²) in [7, 11) is 2.18. The third-order valence-corrected chi connectivity index (χ3v) is 4.81. The molecule has 0 saturated carbocycles. The van der Waals surface area contributed by atoms with Crippen LogP contribution in [0.4, 0.5) is 0 Å².